The minimum Gasteiger partial charge on any atom is -0.337 e. The summed E-state index contributed by atoms with van der Waals surface area (Å²) in [7, 11) is 0. The molecule has 0 N–H and O–H groups in total. The van der Waals surface area contributed by atoms with Crippen molar-refractivity contribution in [2.45, 2.75) is 37.4 Å². The van der Waals surface area contributed by atoms with Crippen LogP contribution in [0.1, 0.15) is 42.2 Å². The molecular formula is C48H35N5. The fourth-order valence-electron chi connectivity index (χ4n) is 9.52. The van der Waals surface area contributed by atoms with Gasteiger partial charge in [0.1, 0.15) is 0 Å². The fourth-order valence-corrected chi connectivity index (χ4v) is 9.52. The van der Waals surface area contributed by atoms with E-state index in [1.54, 1.807) is 0 Å². The highest BCUT2D eigenvalue weighted by Crippen LogP contribution is 2.46. The number of nitrogens with zero attached hydrogens (tertiary/aromatic N) is 5. The lowest BCUT2D eigenvalue weighted by Gasteiger charge is -2.33. The number of aromatic nitrogens is 3. The Bertz CT molecular complexity index is 2910. The Morgan fingerprint density at radius 1 is 0.566 bits per heavy atom. The van der Waals surface area contributed by atoms with E-state index < -0.39 is 0 Å². The molecule has 2 aliphatic carbocycles. The summed E-state index contributed by atoms with van der Waals surface area (Å²) in [6.45, 7) is 0. The van der Waals surface area contributed by atoms with Crippen molar-refractivity contribution in [1.29, 1.82) is 5.26 Å². The first-order chi connectivity index (χ1) is 26.3. The van der Waals surface area contributed by atoms with E-state index in [2.05, 4.69) is 178 Å². The largest absolute Gasteiger partial charge is 0.337 e. The third-order valence-electron chi connectivity index (χ3n) is 11.7. The summed E-state index contributed by atoms with van der Waals surface area (Å²) >= 11 is 0. The lowest BCUT2D eigenvalue weighted by molar-refractivity contribution is 0.474. The normalized spacial score (nSPS) is 19.8. The van der Waals surface area contributed by atoms with Crippen LogP contribution in [0.4, 0.5) is 0 Å². The second kappa shape index (κ2) is 11.7. The number of nitriles is 1. The van der Waals surface area contributed by atoms with Gasteiger partial charge < -0.3 is 13.7 Å². The first-order valence-electron chi connectivity index (χ1n) is 18.6. The number of fused-ring (bicyclic) bond motifs is 9. The van der Waals surface area contributed by atoms with Crippen LogP contribution in [-0.2, 0) is 6.42 Å². The van der Waals surface area contributed by atoms with Crippen molar-refractivity contribution >= 4 is 66.8 Å². The highest BCUT2D eigenvalue weighted by atomic mass is 15.1. The molecule has 8 aromatic rings. The third kappa shape index (κ3) is 4.39. The maximum Gasteiger partial charge on any atom is 0.0996 e. The van der Waals surface area contributed by atoms with Gasteiger partial charge in [-0.05, 0) is 61.4 Å². The van der Waals surface area contributed by atoms with Crippen molar-refractivity contribution in [2.75, 3.05) is 0 Å². The fraction of sp³-hybridized carbons (Fsp3) is 0.125. The molecule has 252 valence electrons. The second-order valence-electron chi connectivity index (χ2n) is 14.4. The molecule has 5 nitrogen and oxygen atoms in total. The number of para-hydroxylation sites is 5. The van der Waals surface area contributed by atoms with E-state index in [1.165, 1.54) is 54.7 Å². The minimum atomic E-state index is -0.187. The van der Waals surface area contributed by atoms with Gasteiger partial charge in [-0.1, -0.05) is 103 Å². The number of aliphatic imine (C=N–C) groups is 1. The molecule has 11 rings (SSSR count). The van der Waals surface area contributed by atoms with Crippen LogP contribution < -0.4 is 0 Å². The molecule has 0 bridgehead atoms. The summed E-state index contributed by atoms with van der Waals surface area (Å²) in [5, 5.41) is 17.1. The van der Waals surface area contributed by atoms with Gasteiger partial charge in [-0.15, -0.1) is 0 Å². The maximum absolute atomic E-state index is 11.0. The van der Waals surface area contributed by atoms with E-state index in [-0.39, 0.29) is 18.1 Å². The predicted molar refractivity (Wildman–Crippen MR) is 218 cm³/mol. The standard InChI is InChI=1S/C48H35N5/c49-30-31-27-47(52-43-21-9-3-15-35(43)36-16-4-10-22-44(36)52)48(53-45-23-11-5-17-37(45)38-18-6-12-24-46(38)53)29-39(31)40-28-32(25-26-50-40)51-41-19-7-1-13-33(41)34-14-2-8-20-42(34)51/h1-7,9-19,21-24,26-29,32,47-48H,8,20,25H2. The van der Waals surface area contributed by atoms with E-state index in [9.17, 15) is 5.26 Å². The molecule has 1 aliphatic heterocycles. The Labute approximate surface area is 307 Å². The van der Waals surface area contributed by atoms with E-state index in [0.29, 0.717) is 5.57 Å². The van der Waals surface area contributed by atoms with Gasteiger partial charge in [0.05, 0.1) is 35.5 Å². The SMILES string of the molecule is N#CC1=CC(n2c3ccccc3c3ccccc32)C(n2c3ccccc3c3ccccc32)C=C1C1=CC(n2c3c(c4ccccc42)C=CCC3)CC=N1. The predicted octanol–water partition coefficient (Wildman–Crippen LogP) is 11.6. The second-order valence-corrected chi connectivity index (χ2v) is 14.4. The van der Waals surface area contributed by atoms with Crippen molar-refractivity contribution in [3.05, 3.63) is 174 Å². The molecule has 0 amide bonds. The summed E-state index contributed by atoms with van der Waals surface area (Å²) in [4.78, 5) is 5.06. The van der Waals surface area contributed by atoms with Gasteiger partial charge in [-0.25, -0.2) is 0 Å². The molecule has 53 heavy (non-hydrogen) atoms. The molecule has 3 aliphatic rings. The van der Waals surface area contributed by atoms with Crippen LogP contribution in [0.3, 0.4) is 0 Å². The lowest BCUT2D eigenvalue weighted by atomic mass is 9.88. The Kier molecular flexibility index (Phi) is 6.63. The van der Waals surface area contributed by atoms with E-state index >= 15 is 0 Å². The first-order valence-corrected chi connectivity index (χ1v) is 18.6. The Balaban J connectivity index is 1.16. The van der Waals surface area contributed by atoms with Gasteiger partial charge in [0.25, 0.3) is 0 Å². The summed E-state index contributed by atoms with van der Waals surface area (Å²) in [5.41, 5.74) is 11.0. The quantitative estimate of drug-likeness (QED) is 0.182. The van der Waals surface area contributed by atoms with Crippen molar-refractivity contribution in [1.82, 2.24) is 13.7 Å². The zero-order valence-corrected chi connectivity index (χ0v) is 29.1. The Morgan fingerprint density at radius 3 is 1.60 bits per heavy atom. The van der Waals surface area contributed by atoms with Gasteiger partial charge in [0.15, 0.2) is 0 Å². The monoisotopic (exact) mass is 681 g/mol. The summed E-state index contributed by atoms with van der Waals surface area (Å²) in [5.74, 6) is 0. The van der Waals surface area contributed by atoms with Crippen LogP contribution >= 0.6 is 0 Å². The molecule has 0 radical (unpaired) electrons. The first kappa shape index (κ1) is 30.0. The number of rotatable bonds is 4. The van der Waals surface area contributed by atoms with Crippen LogP contribution in [-0.4, -0.2) is 19.9 Å². The molecule has 3 unspecified atom stereocenters. The smallest absolute Gasteiger partial charge is 0.0996 e. The van der Waals surface area contributed by atoms with Crippen molar-refractivity contribution in [3.63, 3.8) is 0 Å². The molecule has 3 aromatic heterocycles. The average Bonchev–Trinajstić information content (AvgIpc) is 3.86. The molecule has 0 saturated carbocycles. The summed E-state index contributed by atoms with van der Waals surface area (Å²) in [6.07, 6.45) is 16.4. The highest BCUT2D eigenvalue weighted by Gasteiger charge is 2.34. The van der Waals surface area contributed by atoms with Crippen molar-refractivity contribution in [3.8, 4) is 6.07 Å². The van der Waals surface area contributed by atoms with Crippen LogP contribution in [0.2, 0.25) is 0 Å². The maximum atomic E-state index is 11.0. The Hall–Kier alpha value is -6.64. The van der Waals surface area contributed by atoms with E-state index in [0.717, 1.165) is 41.6 Å². The summed E-state index contributed by atoms with van der Waals surface area (Å²) in [6, 6.07) is 45.9. The zero-order valence-electron chi connectivity index (χ0n) is 29.1. The van der Waals surface area contributed by atoms with E-state index in [4.69, 9.17) is 4.99 Å². The van der Waals surface area contributed by atoms with Gasteiger partial charge in [-0.2, -0.15) is 5.26 Å². The molecule has 0 spiro atoms. The van der Waals surface area contributed by atoms with Crippen LogP contribution in [0, 0.1) is 11.3 Å². The van der Waals surface area contributed by atoms with Gasteiger partial charge in [-0.3, -0.25) is 4.99 Å². The molecule has 3 atom stereocenters. The number of benzene rings is 5. The molecule has 0 fully saturated rings. The van der Waals surface area contributed by atoms with Gasteiger partial charge in [0, 0.05) is 84.0 Å². The Morgan fingerprint density at radius 2 is 1.06 bits per heavy atom. The van der Waals surface area contributed by atoms with Crippen LogP contribution in [0.5, 0.6) is 0 Å². The molecule has 5 aromatic carbocycles. The van der Waals surface area contributed by atoms with Crippen molar-refractivity contribution < 1.29 is 0 Å². The van der Waals surface area contributed by atoms with Gasteiger partial charge in [0.2, 0.25) is 0 Å². The van der Waals surface area contributed by atoms with Gasteiger partial charge >= 0.3 is 0 Å². The topological polar surface area (TPSA) is 50.9 Å². The van der Waals surface area contributed by atoms with E-state index in [1.807, 2.05) is 0 Å². The van der Waals surface area contributed by atoms with Crippen molar-refractivity contribution in [2.24, 2.45) is 4.99 Å². The zero-order chi connectivity index (χ0) is 35.0. The van der Waals surface area contributed by atoms with Crippen LogP contribution in [0.15, 0.2) is 167 Å². The minimum absolute atomic E-state index is 0.0882. The number of hydrogen-bond donors (Lipinski definition) is 0. The number of hydrogen-bond acceptors (Lipinski definition) is 2. The molecule has 5 heteroatoms. The molecule has 0 saturated heterocycles. The third-order valence-corrected chi connectivity index (χ3v) is 11.7. The molecular weight excluding hydrogens is 647 g/mol. The average molecular weight is 682 g/mol. The lowest BCUT2D eigenvalue weighted by Crippen LogP contribution is -2.24. The molecule has 4 heterocycles. The number of allylic oxidation sites excluding steroid dienone is 5. The highest BCUT2D eigenvalue weighted by molar-refractivity contribution is 6.09. The summed E-state index contributed by atoms with van der Waals surface area (Å²) < 4.78 is 7.48. The van der Waals surface area contributed by atoms with Crippen LogP contribution in [0.25, 0.3) is 60.6 Å².